The van der Waals surface area contributed by atoms with E-state index in [1.54, 1.807) is 0 Å². The Bertz CT molecular complexity index is 603. The van der Waals surface area contributed by atoms with E-state index in [2.05, 4.69) is 40.1 Å². The second-order valence-corrected chi connectivity index (χ2v) is 6.16. The quantitative estimate of drug-likeness (QED) is 0.920. The SMILES string of the molecule is Cc1cn(C2CCCC2)c(NC(C)c2c(C)noc2C)n1. The number of anilines is 1. The normalized spacial score (nSPS) is 17.3. The van der Waals surface area contributed by atoms with E-state index in [4.69, 9.17) is 4.52 Å². The number of hydrogen-bond donors (Lipinski definition) is 1. The predicted octanol–water partition coefficient (Wildman–Crippen LogP) is 4.08. The molecule has 1 fully saturated rings. The summed E-state index contributed by atoms with van der Waals surface area (Å²) in [7, 11) is 0. The fourth-order valence-corrected chi connectivity index (χ4v) is 3.46. The van der Waals surface area contributed by atoms with E-state index in [-0.39, 0.29) is 6.04 Å². The molecule has 0 aliphatic heterocycles. The Hall–Kier alpha value is -1.78. The molecule has 0 radical (unpaired) electrons. The third kappa shape index (κ3) is 2.69. The Kier molecular flexibility index (Phi) is 3.74. The van der Waals surface area contributed by atoms with Gasteiger partial charge in [0.15, 0.2) is 0 Å². The van der Waals surface area contributed by atoms with Crippen molar-refractivity contribution in [2.75, 3.05) is 5.32 Å². The predicted molar refractivity (Wildman–Crippen MR) is 82.5 cm³/mol. The van der Waals surface area contributed by atoms with E-state index in [1.807, 2.05) is 13.8 Å². The monoisotopic (exact) mass is 288 g/mol. The first-order chi connectivity index (χ1) is 10.1. The molecule has 1 unspecified atom stereocenters. The molecule has 1 atom stereocenters. The lowest BCUT2D eigenvalue weighted by molar-refractivity contribution is 0.392. The van der Waals surface area contributed by atoms with Gasteiger partial charge in [0, 0.05) is 17.8 Å². The van der Waals surface area contributed by atoms with Gasteiger partial charge in [-0.15, -0.1) is 0 Å². The second-order valence-electron chi connectivity index (χ2n) is 6.16. The lowest BCUT2D eigenvalue weighted by atomic mass is 10.1. The molecule has 2 aromatic heterocycles. The van der Waals surface area contributed by atoms with Crippen LogP contribution in [0, 0.1) is 20.8 Å². The number of nitrogens with zero attached hydrogens (tertiary/aromatic N) is 3. The molecule has 5 nitrogen and oxygen atoms in total. The topological polar surface area (TPSA) is 55.9 Å². The molecule has 0 aromatic carbocycles. The Labute approximate surface area is 125 Å². The number of imidazole rings is 1. The molecule has 0 amide bonds. The fourth-order valence-electron chi connectivity index (χ4n) is 3.46. The number of aromatic nitrogens is 3. The van der Waals surface area contributed by atoms with Crippen molar-refractivity contribution in [2.24, 2.45) is 0 Å². The van der Waals surface area contributed by atoms with Crippen molar-refractivity contribution >= 4 is 5.95 Å². The minimum absolute atomic E-state index is 0.137. The zero-order valence-corrected chi connectivity index (χ0v) is 13.3. The van der Waals surface area contributed by atoms with Crippen LogP contribution in [0.15, 0.2) is 10.7 Å². The van der Waals surface area contributed by atoms with Crippen LogP contribution >= 0.6 is 0 Å². The summed E-state index contributed by atoms with van der Waals surface area (Å²) in [5.41, 5.74) is 3.15. The molecule has 0 bridgehead atoms. The molecule has 3 rings (SSSR count). The Morgan fingerprint density at radius 3 is 2.62 bits per heavy atom. The van der Waals surface area contributed by atoms with E-state index in [0.717, 1.165) is 28.7 Å². The van der Waals surface area contributed by atoms with Crippen LogP contribution in [0.1, 0.15) is 67.4 Å². The van der Waals surface area contributed by atoms with Crippen LogP contribution in [-0.2, 0) is 0 Å². The molecule has 1 aliphatic rings. The first kappa shape index (κ1) is 14.2. The van der Waals surface area contributed by atoms with E-state index < -0.39 is 0 Å². The van der Waals surface area contributed by atoms with Crippen molar-refractivity contribution in [3.63, 3.8) is 0 Å². The van der Waals surface area contributed by atoms with E-state index >= 15 is 0 Å². The highest BCUT2D eigenvalue weighted by molar-refractivity contribution is 5.37. The van der Waals surface area contributed by atoms with Gasteiger partial charge in [0.1, 0.15) is 5.76 Å². The van der Waals surface area contributed by atoms with Crippen molar-refractivity contribution in [2.45, 2.75) is 65.5 Å². The van der Waals surface area contributed by atoms with Gasteiger partial charge in [-0.05, 0) is 40.5 Å². The number of nitrogens with one attached hydrogen (secondary N) is 1. The van der Waals surface area contributed by atoms with Gasteiger partial charge in [-0.25, -0.2) is 4.98 Å². The Morgan fingerprint density at radius 1 is 1.29 bits per heavy atom. The largest absolute Gasteiger partial charge is 0.361 e. The molecule has 114 valence electrons. The molecule has 5 heteroatoms. The first-order valence-corrected chi connectivity index (χ1v) is 7.81. The van der Waals surface area contributed by atoms with Crippen molar-refractivity contribution in [3.8, 4) is 0 Å². The summed E-state index contributed by atoms with van der Waals surface area (Å²) >= 11 is 0. The molecule has 1 aliphatic carbocycles. The molecule has 1 N–H and O–H groups in total. The number of aryl methyl sites for hydroxylation is 3. The highest BCUT2D eigenvalue weighted by Crippen LogP contribution is 2.33. The zero-order valence-electron chi connectivity index (χ0n) is 13.3. The highest BCUT2D eigenvalue weighted by Gasteiger charge is 2.23. The number of rotatable bonds is 4. The van der Waals surface area contributed by atoms with E-state index in [1.165, 1.54) is 25.7 Å². The number of hydrogen-bond acceptors (Lipinski definition) is 4. The second kappa shape index (κ2) is 5.54. The minimum Gasteiger partial charge on any atom is -0.361 e. The van der Waals surface area contributed by atoms with Crippen molar-refractivity contribution < 1.29 is 4.52 Å². The van der Waals surface area contributed by atoms with Crippen molar-refractivity contribution in [3.05, 3.63) is 28.9 Å². The van der Waals surface area contributed by atoms with Crippen LogP contribution in [0.4, 0.5) is 5.95 Å². The van der Waals surface area contributed by atoms with Gasteiger partial charge in [0.05, 0.1) is 17.4 Å². The average Bonchev–Trinajstić information content (AvgIpc) is 3.11. The molecule has 2 aromatic rings. The summed E-state index contributed by atoms with van der Waals surface area (Å²) in [5.74, 6) is 1.84. The van der Waals surface area contributed by atoms with Crippen LogP contribution in [0.3, 0.4) is 0 Å². The van der Waals surface area contributed by atoms with Gasteiger partial charge >= 0.3 is 0 Å². The fraction of sp³-hybridized carbons (Fsp3) is 0.625. The van der Waals surface area contributed by atoms with Gasteiger partial charge in [-0.2, -0.15) is 0 Å². The van der Waals surface area contributed by atoms with Gasteiger partial charge < -0.3 is 14.4 Å². The molecule has 0 spiro atoms. The van der Waals surface area contributed by atoms with E-state index in [0.29, 0.717) is 6.04 Å². The lowest BCUT2D eigenvalue weighted by Crippen LogP contribution is -2.14. The van der Waals surface area contributed by atoms with Crippen LogP contribution in [0.2, 0.25) is 0 Å². The Balaban J connectivity index is 1.84. The van der Waals surface area contributed by atoms with Gasteiger partial charge in [0.25, 0.3) is 0 Å². The smallest absolute Gasteiger partial charge is 0.203 e. The molecule has 0 saturated heterocycles. The lowest BCUT2D eigenvalue weighted by Gasteiger charge is -2.19. The maximum absolute atomic E-state index is 5.27. The molecular weight excluding hydrogens is 264 g/mol. The summed E-state index contributed by atoms with van der Waals surface area (Å²) in [6, 6.07) is 0.726. The van der Waals surface area contributed by atoms with Crippen molar-refractivity contribution in [1.82, 2.24) is 14.7 Å². The highest BCUT2D eigenvalue weighted by atomic mass is 16.5. The summed E-state index contributed by atoms with van der Waals surface area (Å²) in [6.07, 6.45) is 7.31. The molecule has 1 saturated carbocycles. The standard InChI is InChI=1S/C16H24N4O/c1-10-9-20(14-7-5-6-8-14)16(17-10)18-11(2)15-12(3)19-21-13(15)4/h9,11,14H,5-8H2,1-4H3,(H,17,18). The Morgan fingerprint density at radius 2 is 2.00 bits per heavy atom. The summed E-state index contributed by atoms with van der Waals surface area (Å²) in [6.45, 7) is 8.13. The maximum Gasteiger partial charge on any atom is 0.203 e. The van der Waals surface area contributed by atoms with Crippen LogP contribution in [0.5, 0.6) is 0 Å². The third-order valence-corrected chi connectivity index (χ3v) is 4.44. The summed E-state index contributed by atoms with van der Waals surface area (Å²) in [5, 5.41) is 7.59. The van der Waals surface area contributed by atoms with Crippen LogP contribution in [0.25, 0.3) is 0 Å². The minimum atomic E-state index is 0.137. The van der Waals surface area contributed by atoms with Crippen molar-refractivity contribution in [1.29, 1.82) is 0 Å². The van der Waals surface area contributed by atoms with Crippen LogP contribution in [-0.4, -0.2) is 14.7 Å². The van der Waals surface area contributed by atoms with Crippen LogP contribution < -0.4 is 5.32 Å². The molecule has 21 heavy (non-hydrogen) atoms. The first-order valence-electron chi connectivity index (χ1n) is 7.81. The maximum atomic E-state index is 5.27. The van der Waals surface area contributed by atoms with Gasteiger partial charge in [-0.1, -0.05) is 18.0 Å². The molecule has 2 heterocycles. The third-order valence-electron chi connectivity index (χ3n) is 4.44. The van der Waals surface area contributed by atoms with Gasteiger partial charge in [0.2, 0.25) is 5.95 Å². The van der Waals surface area contributed by atoms with Gasteiger partial charge in [-0.3, -0.25) is 0 Å². The average molecular weight is 288 g/mol. The summed E-state index contributed by atoms with van der Waals surface area (Å²) < 4.78 is 7.59. The zero-order chi connectivity index (χ0) is 15.0. The molecular formula is C16H24N4O. The van der Waals surface area contributed by atoms with E-state index in [9.17, 15) is 0 Å². The summed E-state index contributed by atoms with van der Waals surface area (Å²) in [4.78, 5) is 4.67.